The van der Waals surface area contributed by atoms with E-state index >= 15 is 0 Å². The van der Waals surface area contributed by atoms with Gasteiger partial charge in [-0.1, -0.05) is 24.3 Å². The van der Waals surface area contributed by atoms with Crippen LogP contribution in [0.3, 0.4) is 0 Å². The highest BCUT2D eigenvalue weighted by molar-refractivity contribution is 7.97. The minimum Gasteiger partial charge on any atom is -0.456 e. The molecule has 0 N–H and O–H groups in total. The smallest absolute Gasteiger partial charge is 0.253 e. The van der Waals surface area contributed by atoms with Crippen LogP contribution in [0.15, 0.2) is 71.6 Å². The number of benzene rings is 3. The number of aryl methyl sites for hydroxylation is 2. The van der Waals surface area contributed by atoms with Crippen LogP contribution in [-0.4, -0.2) is 41.3 Å². The Balaban J connectivity index is 1.46. The molecule has 0 spiro atoms. The van der Waals surface area contributed by atoms with Gasteiger partial charge < -0.3 is 9.64 Å². The van der Waals surface area contributed by atoms with Gasteiger partial charge in [0.25, 0.3) is 5.91 Å². The molecular weight excluding hydrogens is 418 g/mol. The van der Waals surface area contributed by atoms with Crippen LogP contribution >= 0.6 is 11.9 Å². The van der Waals surface area contributed by atoms with Gasteiger partial charge in [-0.05, 0) is 79.4 Å². The van der Waals surface area contributed by atoms with E-state index < -0.39 is 0 Å². The van der Waals surface area contributed by atoms with Gasteiger partial charge in [0.05, 0.1) is 16.5 Å². The molecule has 1 aliphatic heterocycles. The van der Waals surface area contributed by atoms with Crippen LogP contribution < -0.4 is 4.74 Å². The van der Waals surface area contributed by atoms with Crippen LogP contribution in [0.4, 0.5) is 0 Å². The molecule has 1 aliphatic rings. The molecule has 0 aliphatic carbocycles. The van der Waals surface area contributed by atoms with Crippen molar-refractivity contribution >= 4 is 17.9 Å². The molecule has 4 rings (SSSR count). The lowest BCUT2D eigenvalue weighted by Gasteiger charge is -2.34. The average Bonchev–Trinajstić information content (AvgIpc) is 2.80. The number of carbonyl (C=O) groups is 1. The lowest BCUT2D eigenvalue weighted by atomic mass is 10.1. The maximum absolute atomic E-state index is 12.7. The molecule has 5 nitrogen and oxygen atoms in total. The molecule has 3 aromatic rings. The number of ether oxygens (including phenoxy) is 1. The second kappa shape index (κ2) is 9.90. The summed E-state index contributed by atoms with van der Waals surface area (Å²) in [4.78, 5) is 15.5. The number of hydrogen-bond donors (Lipinski definition) is 0. The van der Waals surface area contributed by atoms with Gasteiger partial charge in [-0.15, -0.1) is 0 Å². The summed E-state index contributed by atoms with van der Waals surface area (Å²) >= 11 is 1.58. The lowest BCUT2D eigenvalue weighted by Crippen LogP contribution is -2.46. The quantitative estimate of drug-likeness (QED) is 0.492. The summed E-state index contributed by atoms with van der Waals surface area (Å²) < 4.78 is 8.43. The molecule has 0 unspecified atom stereocenters. The molecule has 1 saturated heterocycles. The molecule has 3 aromatic carbocycles. The Morgan fingerprint density at radius 3 is 2.28 bits per heavy atom. The van der Waals surface area contributed by atoms with Crippen LogP contribution in [0.2, 0.25) is 0 Å². The third kappa shape index (κ3) is 5.31. The van der Waals surface area contributed by atoms with Crippen LogP contribution in [-0.2, 0) is 0 Å². The highest BCUT2D eigenvalue weighted by Gasteiger charge is 2.23. The van der Waals surface area contributed by atoms with Crippen molar-refractivity contribution in [2.75, 3.05) is 26.2 Å². The van der Waals surface area contributed by atoms with Crippen molar-refractivity contribution in [3.8, 4) is 17.6 Å². The first-order valence-electron chi connectivity index (χ1n) is 10.6. The summed E-state index contributed by atoms with van der Waals surface area (Å²) in [6.07, 6.45) is 0. The van der Waals surface area contributed by atoms with Gasteiger partial charge in [-0.25, -0.2) is 4.31 Å². The predicted octanol–water partition coefficient (Wildman–Crippen LogP) is 5.43. The summed E-state index contributed by atoms with van der Waals surface area (Å²) in [5.41, 5.74) is 3.60. The standard InChI is InChI=1S/C26H25N3O2S/c1-19-14-20(2)16-23(15-19)31-24-9-8-21(18-27)17-25(24)32-29-12-10-28(11-13-29)26(30)22-6-4-3-5-7-22/h3-9,14-17H,10-13H2,1-2H3. The van der Waals surface area contributed by atoms with Gasteiger partial charge in [-0.2, -0.15) is 5.26 Å². The first-order valence-corrected chi connectivity index (χ1v) is 11.4. The Morgan fingerprint density at radius 2 is 1.62 bits per heavy atom. The monoisotopic (exact) mass is 443 g/mol. The van der Waals surface area contributed by atoms with Gasteiger partial charge in [0.2, 0.25) is 0 Å². The molecule has 162 valence electrons. The van der Waals surface area contributed by atoms with Gasteiger partial charge in [0, 0.05) is 31.7 Å². The highest BCUT2D eigenvalue weighted by Crippen LogP contribution is 2.36. The van der Waals surface area contributed by atoms with E-state index in [1.165, 1.54) is 0 Å². The van der Waals surface area contributed by atoms with Crippen molar-refractivity contribution in [3.63, 3.8) is 0 Å². The topological polar surface area (TPSA) is 56.6 Å². The van der Waals surface area contributed by atoms with Gasteiger partial charge in [0.15, 0.2) is 0 Å². The van der Waals surface area contributed by atoms with Crippen LogP contribution in [0.25, 0.3) is 0 Å². The second-order valence-corrected chi connectivity index (χ2v) is 9.02. The maximum atomic E-state index is 12.7. The highest BCUT2D eigenvalue weighted by atomic mass is 32.2. The lowest BCUT2D eigenvalue weighted by molar-refractivity contribution is 0.0703. The molecule has 0 radical (unpaired) electrons. The zero-order valence-corrected chi connectivity index (χ0v) is 19.1. The molecule has 0 aromatic heterocycles. The number of amides is 1. The number of hydrogen-bond acceptors (Lipinski definition) is 5. The Bertz CT molecular complexity index is 1130. The number of nitriles is 1. The summed E-state index contributed by atoms with van der Waals surface area (Å²) in [6, 6.07) is 23.2. The molecule has 0 atom stereocenters. The first-order chi connectivity index (χ1) is 15.5. The molecule has 1 fully saturated rings. The average molecular weight is 444 g/mol. The normalized spacial score (nSPS) is 14.1. The SMILES string of the molecule is Cc1cc(C)cc(Oc2ccc(C#N)cc2SN2CCN(C(=O)c3ccccc3)CC2)c1. The van der Waals surface area contributed by atoms with Crippen LogP contribution in [0.1, 0.15) is 27.0 Å². The van der Waals surface area contributed by atoms with E-state index in [1.54, 1.807) is 18.0 Å². The minimum absolute atomic E-state index is 0.0700. The summed E-state index contributed by atoms with van der Waals surface area (Å²) in [5.74, 6) is 1.58. The number of rotatable bonds is 5. The molecule has 1 heterocycles. The summed E-state index contributed by atoms with van der Waals surface area (Å²) in [5, 5.41) is 9.37. The Hall–Kier alpha value is -3.27. The molecule has 0 bridgehead atoms. The summed E-state index contributed by atoms with van der Waals surface area (Å²) in [7, 11) is 0. The fourth-order valence-corrected chi connectivity index (χ4v) is 4.74. The number of nitrogens with zero attached hydrogens (tertiary/aromatic N) is 3. The van der Waals surface area contributed by atoms with E-state index in [-0.39, 0.29) is 5.91 Å². The fourth-order valence-electron chi connectivity index (χ4n) is 3.74. The molecule has 0 saturated carbocycles. The Morgan fingerprint density at radius 1 is 0.938 bits per heavy atom. The van der Waals surface area contributed by atoms with Crippen molar-refractivity contribution in [2.24, 2.45) is 0 Å². The Labute approximate surface area is 193 Å². The van der Waals surface area contributed by atoms with E-state index in [2.05, 4.69) is 16.4 Å². The Kier molecular flexibility index (Phi) is 6.79. The van der Waals surface area contributed by atoms with E-state index in [4.69, 9.17) is 4.74 Å². The van der Waals surface area contributed by atoms with Crippen LogP contribution in [0, 0.1) is 25.2 Å². The van der Waals surface area contributed by atoms with Crippen molar-refractivity contribution in [3.05, 3.63) is 89.0 Å². The van der Waals surface area contributed by atoms with E-state index in [0.29, 0.717) is 18.7 Å². The molecule has 6 heteroatoms. The van der Waals surface area contributed by atoms with Crippen molar-refractivity contribution in [2.45, 2.75) is 18.7 Å². The number of piperazine rings is 1. The largest absolute Gasteiger partial charge is 0.456 e. The zero-order chi connectivity index (χ0) is 22.5. The summed E-state index contributed by atoms with van der Waals surface area (Å²) in [6.45, 7) is 6.89. The van der Waals surface area contributed by atoms with Crippen molar-refractivity contribution in [1.82, 2.24) is 9.21 Å². The third-order valence-electron chi connectivity index (χ3n) is 5.27. The minimum atomic E-state index is 0.0700. The van der Waals surface area contributed by atoms with E-state index in [0.717, 1.165) is 46.2 Å². The number of carbonyl (C=O) groups excluding carboxylic acids is 1. The molecule has 1 amide bonds. The predicted molar refractivity (Wildman–Crippen MR) is 127 cm³/mol. The van der Waals surface area contributed by atoms with Crippen LogP contribution in [0.5, 0.6) is 11.5 Å². The van der Waals surface area contributed by atoms with E-state index in [1.807, 2.05) is 73.3 Å². The second-order valence-electron chi connectivity index (χ2n) is 7.88. The van der Waals surface area contributed by atoms with E-state index in [9.17, 15) is 10.1 Å². The first kappa shape index (κ1) is 21.9. The van der Waals surface area contributed by atoms with Gasteiger partial charge in [-0.3, -0.25) is 4.79 Å². The molecular formula is C26H25N3O2S. The maximum Gasteiger partial charge on any atom is 0.253 e. The molecule has 32 heavy (non-hydrogen) atoms. The van der Waals surface area contributed by atoms with Crippen molar-refractivity contribution < 1.29 is 9.53 Å². The fraction of sp³-hybridized carbons (Fsp3) is 0.231. The van der Waals surface area contributed by atoms with Gasteiger partial charge >= 0.3 is 0 Å². The van der Waals surface area contributed by atoms with Crippen molar-refractivity contribution in [1.29, 1.82) is 5.26 Å². The van der Waals surface area contributed by atoms with Gasteiger partial charge in [0.1, 0.15) is 11.5 Å². The zero-order valence-electron chi connectivity index (χ0n) is 18.2. The third-order valence-corrected chi connectivity index (χ3v) is 6.41.